The number of aromatic hydroxyl groups is 1. The van der Waals surface area contributed by atoms with Crippen molar-refractivity contribution in [1.29, 1.82) is 0 Å². The molecule has 94 valence electrons. The minimum atomic E-state index is 0.332. The van der Waals surface area contributed by atoms with Gasteiger partial charge in [-0.15, -0.1) is 0 Å². The maximum absolute atomic E-state index is 10.1. The van der Waals surface area contributed by atoms with E-state index in [1.807, 2.05) is 6.07 Å². The van der Waals surface area contributed by atoms with E-state index in [-0.39, 0.29) is 0 Å². The Balaban J connectivity index is 2.14. The summed E-state index contributed by atoms with van der Waals surface area (Å²) < 4.78 is 5.14. The molecule has 0 aromatic heterocycles. The molecule has 0 fully saturated rings. The summed E-state index contributed by atoms with van der Waals surface area (Å²) in [5.41, 5.74) is 2.32. The van der Waals surface area contributed by atoms with E-state index >= 15 is 0 Å². The Bertz CT molecular complexity index is 390. The number of hydrogen-bond acceptors (Lipinski definition) is 3. The van der Waals surface area contributed by atoms with E-state index in [1.54, 1.807) is 7.11 Å². The van der Waals surface area contributed by atoms with Gasteiger partial charge in [-0.25, -0.2) is 0 Å². The summed E-state index contributed by atoms with van der Waals surface area (Å²) in [4.78, 5) is 0. The number of phenolic OH excluding ortho intramolecular Hbond substituents is 1. The molecule has 1 atom stereocenters. The largest absolute Gasteiger partial charge is 0.504 e. The van der Waals surface area contributed by atoms with Crippen LogP contribution in [0.4, 0.5) is 0 Å². The van der Waals surface area contributed by atoms with Gasteiger partial charge in [-0.3, -0.25) is 0 Å². The Morgan fingerprint density at radius 1 is 1.47 bits per heavy atom. The monoisotopic (exact) mass is 235 g/mol. The van der Waals surface area contributed by atoms with Crippen LogP contribution in [0, 0.1) is 0 Å². The van der Waals surface area contributed by atoms with E-state index < -0.39 is 0 Å². The van der Waals surface area contributed by atoms with Gasteiger partial charge in [0.1, 0.15) is 0 Å². The number of hydrogen-bond donors (Lipinski definition) is 2. The van der Waals surface area contributed by atoms with Crippen LogP contribution in [-0.2, 0) is 12.8 Å². The van der Waals surface area contributed by atoms with Gasteiger partial charge in [0.05, 0.1) is 7.11 Å². The van der Waals surface area contributed by atoms with Crippen LogP contribution >= 0.6 is 0 Å². The molecule has 0 heterocycles. The highest BCUT2D eigenvalue weighted by molar-refractivity contribution is 5.51. The molecule has 2 N–H and O–H groups in total. The lowest BCUT2D eigenvalue weighted by atomic mass is 9.87. The van der Waals surface area contributed by atoms with Gasteiger partial charge in [0.15, 0.2) is 11.5 Å². The molecule has 0 saturated carbocycles. The summed E-state index contributed by atoms with van der Waals surface area (Å²) in [6.45, 7) is 3.25. The molecule has 1 aromatic rings. The van der Waals surface area contributed by atoms with Gasteiger partial charge in [-0.05, 0) is 43.9 Å². The fraction of sp³-hybridized carbons (Fsp3) is 0.571. The van der Waals surface area contributed by atoms with Crippen molar-refractivity contribution in [1.82, 2.24) is 5.32 Å². The first-order chi connectivity index (χ1) is 8.26. The molecule has 2 rings (SSSR count). The standard InChI is InChI=1S/C14H21NO2/c1-3-8-15-11-5-6-12-10(9-11)4-7-13(17-2)14(12)16/h4,7,11,15-16H,3,5-6,8-9H2,1-2H3. The van der Waals surface area contributed by atoms with E-state index in [1.165, 1.54) is 5.56 Å². The molecule has 17 heavy (non-hydrogen) atoms. The molecule has 0 bridgehead atoms. The molecule has 1 aliphatic carbocycles. The Morgan fingerprint density at radius 2 is 2.29 bits per heavy atom. The summed E-state index contributed by atoms with van der Waals surface area (Å²) >= 11 is 0. The lowest BCUT2D eigenvalue weighted by molar-refractivity contribution is 0.365. The average molecular weight is 235 g/mol. The summed E-state index contributed by atoms with van der Waals surface area (Å²) in [5.74, 6) is 0.919. The fourth-order valence-electron chi connectivity index (χ4n) is 2.50. The SMILES string of the molecule is CCCNC1CCc2c(ccc(OC)c2O)C1. The molecule has 0 aliphatic heterocycles. The van der Waals surface area contributed by atoms with Gasteiger partial charge in [0, 0.05) is 11.6 Å². The number of benzene rings is 1. The molecule has 1 aromatic carbocycles. The zero-order valence-corrected chi connectivity index (χ0v) is 10.6. The van der Waals surface area contributed by atoms with Crippen molar-refractivity contribution in [2.24, 2.45) is 0 Å². The quantitative estimate of drug-likeness (QED) is 0.841. The zero-order valence-electron chi connectivity index (χ0n) is 10.6. The molecule has 3 nitrogen and oxygen atoms in total. The minimum absolute atomic E-state index is 0.332. The third-order valence-corrected chi connectivity index (χ3v) is 3.45. The minimum Gasteiger partial charge on any atom is -0.504 e. The van der Waals surface area contributed by atoms with Crippen LogP contribution in [0.5, 0.6) is 11.5 Å². The van der Waals surface area contributed by atoms with Crippen molar-refractivity contribution in [2.45, 2.75) is 38.6 Å². The zero-order chi connectivity index (χ0) is 12.3. The lowest BCUT2D eigenvalue weighted by Gasteiger charge is -2.26. The van der Waals surface area contributed by atoms with Gasteiger partial charge in [0.2, 0.25) is 0 Å². The van der Waals surface area contributed by atoms with Crippen LogP contribution in [0.3, 0.4) is 0 Å². The van der Waals surface area contributed by atoms with Crippen LogP contribution < -0.4 is 10.1 Å². The Morgan fingerprint density at radius 3 is 3.00 bits per heavy atom. The number of rotatable bonds is 4. The van der Waals surface area contributed by atoms with Gasteiger partial charge in [-0.1, -0.05) is 13.0 Å². The molecular formula is C14H21NO2. The topological polar surface area (TPSA) is 41.5 Å². The third-order valence-electron chi connectivity index (χ3n) is 3.45. The summed E-state index contributed by atoms with van der Waals surface area (Å²) in [6.07, 6.45) is 4.19. The average Bonchev–Trinajstić information content (AvgIpc) is 2.37. The number of methoxy groups -OCH3 is 1. The second-order valence-corrected chi connectivity index (χ2v) is 4.65. The Labute approximate surface area is 103 Å². The number of ether oxygens (including phenoxy) is 1. The van der Waals surface area contributed by atoms with Crippen LogP contribution in [0.15, 0.2) is 12.1 Å². The first-order valence-electron chi connectivity index (χ1n) is 6.37. The number of nitrogens with one attached hydrogen (secondary N) is 1. The predicted octanol–water partition coefficient (Wildman–Crippen LogP) is 2.26. The van der Waals surface area contributed by atoms with E-state index in [4.69, 9.17) is 4.74 Å². The van der Waals surface area contributed by atoms with E-state index in [9.17, 15) is 5.11 Å². The summed E-state index contributed by atoms with van der Waals surface area (Å²) in [7, 11) is 1.59. The Kier molecular flexibility index (Phi) is 3.89. The van der Waals surface area contributed by atoms with Crippen molar-refractivity contribution in [3.8, 4) is 11.5 Å². The van der Waals surface area contributed by atoms with Crippen molar-refractivity contribution < 1.29 is 9.84 Å². The molecule has 1 unspecified atom stereocenters. The smallest absolute Gasteiger partial charge is 0.161 e. The van der Waals surface area contributed by atoms with Crippen LogP contribution in [-0.4, -0.2) is 24.8 Å². The van der Waals surface area contributed by atoms with Crippen LogP contribution in [0.25, 0.3) is 0 Å². The summed E-state index contributed by atoms with van der Waals surface area (Å²) in [6, 6.07) is 4.49. The van der Waals surface area contributed by atoms with Crippen LogP contribution in [0.1, 0.15) is 30.9 Å². The molecule has 0 amide bonds. The molecular weight excluding hydrogens is 214 g/mol. The summed E-state index contributed by atoms with van der Waals surface area (Å²) in [5, 5.41) is 13.6. The highest BCUT2D eigenvalue weighted by Crippen LogP contribution is 2.36. The third kappa shape index (κ3) is 2.55. The van der Waals surface area contributed by atoms with E-state index in [0.717, 1.165) is 37.8 Å². The molecule has 0 saturated heterocycles. The maximum Gasteiger partial charge on any atom is 0.161 e. The van der Waals surface area contributed by atoms with E-state index in [0.29, 0.717) is 17.5 Å². The van der Waals surface area contributed by atoms with Crippen LogP contribution in [0.2, 0.25) is 0 Å². The van der Waals surface area contributed by atoms with Crippen molar-refractivity contribution >= 4 is 0 Å². The fourth-order valence-corrected chi connectivity index (χ4v) is 2.50. The van der Waals surface area contributed by atoms with Crippen molar-refractivity contribution in [2.75, 3.05) is 13.7 Å². The maximum atomic E-state index is 10.1. The molecule has 3 heteroatoms. The number of fused-ring (bicyclic) bond motifs is 1. The predicted molar refractivity (Wildman–Crippen MR) is 68.8 cm³/mol. The van der Waals surface area contributed by atoms with Crippen molar-refractivity contribution in [3.05, 3.63) is 23.3 Å². The molecule has 0 radical (unpaired) electrons. The molecule has 0 spiro atoms. The first-order valence-corrected chi connectivity index (χ1v) is 6.37. The van der Waals surface area contributed by atoms with Gasteiger partial charge in [-0.2, -0.15) is 0 Å². The van der Waals surface area contributed by atoms with Gasteiger partial charge in [0.25, 0.3) is 0 Å². The van der Waals surface area contributed by atoms with Gasteiger partial charge < -0.3 is 15.2 Å². The second kappa shape index (κ2) is 5.41. The Hall–Kier alpha value is -1.22. The molecule has 1 aliphatic rings. The normalized spacial score (nSPS) is 18.8. The van der Waals surface area contributed by atoms with Gasteiger partial charge >= 0.3 is 0 Å². The van der Waals surface area contributed by atoms with Crippen molar-refractivity contribution in [3.63, 3.8) is 0 Å². The second-order valence-electron chi connectivity index (χ2n) is 4.65. The highest BCUT2D eigenvalue weighted by atomic mass is 16.5. The number of phenols is 1. The lowest BCUT2D eigenvalue weighted by Crippen LogP contribution is -2.34. The first kappa shape index (κ1) is 12.2. The van der Waals surface area contributed by atoms with E-state index in [2.05, 4.69) is 18.3 Å². The highest BCUT2D eigenvalue weighted by Gasteiger charge is 2.22.